The number of aryl methyl sites for hydroxylation is 1. The van der Waals surface area contributed by atoms with Crippen LogP contribution in [0, 0.1) is 16.7 Å². The van der Waals surface area contributed by atoms with Crippen LogP contribution in [-0.4, -0.2) is 0 Å². The molecule has 5 atom stereocenters. The maximum atomic E-state index is 3.97. The topological polar surface area (TPSA) is 0 Å². The lowest BCUT2D eigenvalue weighted by Gasteiger charge is -2.41. The minimum Gasteiger partial charge on any atom is -0.0991 e. The van der Waals surface area contributed by atoms with Crippen molar-refractivity contribution >= 4 is 0 Å². The van der Waals surface area contributed by atoms with Crippen molar-refractivity contribution < 1.29 is 0 Å². The van der Waals surface area contributed by atoms with Gasteiger partial charge in [-0.05, 0) is 123 Å². The van der Waals surface area contributed by atoms with E-state index in [0.717, 1.165) is 44.9 Å². The zero-order valence-corrected chi connectivity index (χ0v) is 35.6. The van der Waals surface area contributed by atoms with E-state index in [1.807, 2.05) is 6.08 Å². The predicted octanol–water partition coefficient (Wildman–Crippen LogP) is 15.6. The van der Waals surface area contributed by atoms with Crippen LogP contribution in [0.25, 0.3) is 11.1 Å². The maximum Gasteiger partial charge on any atom is 0.0710 e. The molecule has 0 heteroatoms. The van der Waals surface area contributed by atoms with E-state index in [2.05, 4.69) is 174 Å². The smallest absolute Gasteiger partial charge is 0.0710 e. The lowest BCUT2D eigenvalue weighted by atomic mass is 9.62. The fraction of sp³-hybridized carbons (Fsp3) is 0.509. The van der Waals surface area contributed by atoms with Crippen LogP contribution < -0.4 is 0 Å². The van der Waals surface area contributed by atoms with E-state index >= 15 is 0 Å². The van der Waals surface area contributed by atoms with Gasteiger partial charge in [0.2, 0.25) is 0 Å². The lowest BCUT2D eigenvalue weighted by molar-refractivity contribution is 0.196. The molecule has 5 unspecified atom stereocenters. The summed E-state index contributed by atoms with van der Waals surface area (Å²) >= 11 is 0. The second kappa shape index (κ2) is 16.2. The molecule has 53 heavy (non-hydrogen) atoms. The van der Waals surface area contributed by atoms with Crippen molar-refractivity contribution in [1.82, 2.24) is 0 Å². The minimum atomic E-state index is -0.380. The van der Waals surface area contributed by atoms with Crippen molar-refractivity contribution in [2.45, 2.75) is 157 Å². The average molecular weight is 709 g/mol. The highest BCUT2D eigenvalue weighted by atomic mass is 14.5. The molecular formula is C53H72. The summed E-state index contributed by atoms with van der Waals surface area (Å²) in [5.41, 5.74) is 13.1. The zero-order chi connectivity index (χ0) is 38.7. The number of allylic oxidation sites excluding steroid dienone is 7. The molecule has 3 aromatic rings. The first-order chi connectivity index (χ1) is 25.2. The summed E-state index contributed by atoms with van der Waals surface area (Å²) in [5.74, 6) is 0.557. The lowest BCUT2D eigenvalue weighted by Crippen LogP contribution is -2.33. The number of fused-ring (bicyclic) bond motifs is 3. The summed E-state index contributed by atoms with van der Waals surface area (Å²) in [6.45, 7) is 30.3. The van der Waals surface area contributed by atoms with Gasteiger partial charge in [0, 0.05) is 0 Å². The number of benzene rings is 3. The first-order valence-electron chi connectivity index (χ1n) is 21.3. The highest BCUT2D eigenvalue weighted by Crippen LogP contribution is 2.59. The Hall–Kier alpha value is -3.38. The van der Waals surface area contributed by atoms with Gasteiger partial charge in [0.15, 0.2) is 0 Å². The fourth-order valence-electron chi connectivity index (χ4n) is 9.89. The Morgan fingerprint density at radius 2 is 1.40 bits per heavy atom. The molecule has 2 aliphatic rings. The van der Waals surface area contributed by atoms with Crippen LogP contribution in [0.5, 0.6) is 0 Å². The van der Waals surface area contributed by atoms with Crippen LogP contribution in [-0.2, 0) is 22.7 Å². The van der Waals surface area contributed by atoms with Crippen LogP contribution in [0.15, 0.2) is 109 Å². The van der Waals surface area contributed by atoms with Crippen molar-refractivity contribution in [3.05, 3.63) is 143 Å². The van der Waals surface area contributed by atoms with Gasteiger partial charge in [-0.25, -0.2) is 0 Å². The second-order valence-corrected chi connectivity index (χ2v) is 18.3. The molecule has 0 heterocycles. The van der Waals surface area contributed by atoms with Gasteiger partial charge in [0.05, 0.1) is 5.41 Å². The highest BCUT2D eigenvalue weighted by Gasteiger charge is 2.48. The van der Waals surface area contributed by atoms with E-state index in [1.54, 1.807) is 0 Å². The van der Waals surface area contributed by atoms with Crippen molar-refractivity contribution in [2.75, 3.05) is 0 Å². The summed E-state index contributed by atoms with van der Waals surface area (Å²) in [5, 5.41) is 0. The molecule has 3 aromatic carbocycles. The van der Waals surface area contributed by atoms with Crippen LogP contribution in [0.3, 0.4) is 0 Å². The van der Waals surface area contributed by atoms with Crippen molar-refractivity contribution in [2.24, 2.45) is 16.7 Å². The first kappa shape index (κ1) is 40.8. The van der Waals surface area contributed by atoms with Crippen LogP contribution >= 0.6 is 0 Å². The Bertz CT molecular complexity index is 1830. The Morgan fingerprint density at radius 1 is 0.736 bits per heavy atom. The molecule has 0 saturated heterocycles. The molecule has 284 valence electrons. The maximum absolute atomic E-state index is 3.97. The Kier molecular flexibility index (Phi) is 12.4. The standard InChI is InChI=1S/C53H72/c1-13-20-35-50(10,17-5)38-52(12,19-7)41-25-29-43(30-26-41)53(42-27-23-40(24-28-42)51(11,18-6)34-15-3)47-36-39(21-14-2)22-32-45(47)46-33-31-44(37-48(46)53)49(8,9)16-4/h13,20,22-23,25-33,35-37,40H,1,14-19,21,24,34,38H2,2-12H3/b35-20+. The van der Waals surface area contributed by atoms with Crippen molar-refractivity contribution in [3.63, 3.8) is 0 Å². The Labute approximate surface area is 326 Å². The SMILES string of the molecule is C=C/C=C/C(C)(CC)CC(C)(CC)c1ccc(C2(C3=CCC(C(C)(CC)CCC)C=C3)c3cc(CCC)ccc3-c3ccc(C(C)(C)CC)cc32)cc1. The van der Waals surface area contributed by atoms with Gasteiger partial charge < -0.3 is 0 Å². The number of hydrogen-bond acceptors (Lipinski definition) is 0. The van der Waals surface area contributed by atoms with E-state index in [4.69, 9.17) is 0 Å². The first-order valence-corrected chi connectivity index (χ1v) is 21.3. The third-order valence-corrected chi connectivity index (χ3v) is 14.5. The largest absolute Gasteiger partial charge is 0.0991 e. The van der Waals surface area contributed by atoms with Crippen LogP contribution in [0.2, 0.25) is 0 Å². The van der Waals surface area contributed by atoms with Crippen molar-refractivity contribution in [1.29, 1.82) is 0 Å². The van der Waals surface area contributed by atoms with E-state index in [1.165, 1.54) is 69.3 Å². The molecule has 0 amide bonds. The zero-order valence-electron chi connectivity index (χ0n) is 35.6. The molecule has 0 N–H and O–H groups in total. The third-order valence-electron chi connectivity index (χ3n) is 14.5. The van der Waals surface area contributed by atoms with E-state index in [9.17, 15) is 0 Å². The van der Waals surface area contributed by atoms with Gasteiger partial charge in [-0.15, -0.1) is 0 Å². The summed E-state index contributed by atoms with van der Waals surface area (Å²) in [7, 11) is 0. The molecule has 0 bridgehead atoms. The summed E-state index contributed by atoms with van der Waals surface area (Å²) in [6, 6.07) is 24.9. The molecule has 5 rings (SSSR count). The second-order valence-electron chi connectivity index (χ2n) is 18.3. The van der Waals surface area contributed by atoms with Crippen LogP contribution in [0.4, 0.5) is 0 Å². The van der Waals surface area contributed by atoms with Gasteiger partial charge in [-0.2, -0.15) is 0 Å². The Balaban J connectivity index is 1.78. The predicted molar refractivity (Wildman–Crippen MR) is 234 cm³/mol. The molecule has 0 saturated carbocycles. The number of rotatable bonds is 17. The van der Waals surface area contributed by atoms with Crippen LogP contribution in [0.1, 0.15) is 167 Å². The number of hydrogen-bond donors (Lipinski definition) is 0. The fourth-order valence-corrected chi connectivity index (χ4v) is 9.89. The van der Waals surface area contributed by atoms with Gasteiger partial charge in [0.1, 0.15) is 0 Å². The van der Waals surface area contributed by atoms with E-state index in [0.29, 0.717) is 11.3 Å². The highest BCUT2D eigenvalue weighted by molar-refractivity contribution is 5.87. The summed E-state index contributed by atoms with van der Waals surface area (Å²) in [4.78, 5) is 0. The van der Waals surface area contributed by atoms with Gasteiger partial charge >= 0.3 is 0 Å². The average Bonchev–Trinajstić information content (AvgIpc) is 3.47. The molecule has 2 aliphatic carbocycles. The van der Waals surface area contributed by atoms with Gasteiger partial charge in [-0.3, -0.25) is 0 Å². The van der Waals surface area contributed by atoms with Gasteiger partial charge in [0.25, 0.3) is 0 Å². The molecule has 0 fully saturated rings. The molecular weight excluding hydrogens is 637 g/mol. The summed E-state index contributed by atoms with van der Waals surface area (Å²) in [6.07, 6.45) is 25.7. The van der Waals surface area contributed by atoms with Gasteiger partial charge in [-0.1, -0.05) is 199 Å². The molecule has 0 spiro atoms. The van der Waals surface area contributed by atoms with E-state index < -0.39 is 0 Å². The third kappa shape index (κ3) is 7.51. The molecule has 0 nitrogen and oxygen atoms in total. The molecule has 0 aromatic heterocycles. The van der Waals surface area contributed by atoms with Crippen molar-refractivity contribution in [3.8, 4) is 11.1 Å². The molecule has 0 aliphatic heterocycles. The van der Waals surface area contributed by atoms with E-state index in [-0.39, 0.29) is 21.7 Å². The minimum absolute atomic E-state index is 0.0567. The molecule has 0 radical (unpaired) electrons. The monoisotopic (exact) mass is 709 g/mol. The quantitative estimate of drug-likeness (QED) is 0.122. The normalized spacial score (nSPS) is 21.7. The Morgan fingerprint density at radius 3 is 1.94 bits per heavy atom. The summed E-state index contributed by atoms with van der Waals surface area (Å²) < 4.78 is 0.